The van der Waals surface area contributed by atoms with Crippen LogP contribution in [0.3, 0.4) is 0 Å². The van der Waals surface area contributed by atoms with Crippen LogP contribution in [-0.2, 0) is 9.59 Å². The molecule has 2 aromatic rings. The maximum atomic E-state index is 13.0. The van der Waals surface area contributed by atoms with Gasteiger partial charge in [0.2, 0.25) is 11.8 Å². The molecule has 1 saturated heterocycles. The molecule has 2 bridgehead atoms. The highest BCUT2D eigenvalue weighted by Gasteiger charge is 2.61. The van der Waals surface area contributed by atoms with Crippen molar-refractivity contribution in [2.24, 2.45) is 23.7 Å². The van der Waals surface area contributed by atoms with Crippen LogP contribution in [0, 0.1) is 37.5 Å². The zero-order chi connectivity index (χ0) is 20.3. The Labute approximate surface area is 169 Å². The molecule has 2 amide bonds. The monoisotopic (exact) mass is 389 g/mol. The van der Waals surface area contributed by atoms with Gasteiger partial charge in [-0.3, -0.25) is 14.5 Å². The predicted octanol–water partition coefficient (Wildman–Crippen LogP) is 4.06. The Balaban J connectivity index is 1.42. The predicted molar refractivity (Wildman–Crippen MR) is 108 cm³/mol. The fourth-order valence-corrected chi connectivity index (χ4v) is 5.43. The van der Waals surface area contributed by atoms with Crippen LogP contribution >= 0.6 is 0 Å². The van der Waals surface area contributed by atoms with E-state index >= 15 is 0 Å². The fraction of sp³-hybridized carbons (Fsp3) is 0.375. The molecular weight excluding hydrogens is 366 g/mol. The lowest BCUT2D eigenvalue weighted by Gasteiger charge is -2.19. The molecule has 5 nitrogen and oxygen atoms in total. The van der Waals surface area contributed by atoms with Crippen molar-refractivity contribution in [1.29, 1.82) is 0 Å². The number of hydrogen-bond donors (Lipinski definition) is 0. The first-order valence-corrected chi connectivity index (χ1v) is 10.2. The number of esters is 1. The van der Waals surface area contributed by atoms with Gasteiger partial charge in [-0.25, -0.2) is 4.79 Å². The Kier molecular flexibility index (Phi) is 4.09. The SMILES string of the molecule is Cc1cccc(OC(=O)c2cccc(N3C(=O)[C@H]4[C@@H]5CC[C@@H](C5)[C@@H]4C3=O)c2)c1C. The molecule has 4 atom stereocenters. The zero-order valence-electron chi connectivity index (χ0n) is 16.6. The van der Waals surface area contributed by atoms with Crippen molar-refractivity contribution in [2.45, 2.75) is 33.1 Å². The summed E-state index contributed by atoms with van der Waals surface area (Å²) < 4.78 is 5.57. The minimum Gasteiger partial charge on any atom is -0.423 e. The van der Waals surface area contributed by atoms with E-state index in [0.717, 1.165) is 30.4 Å². The van der Waals surface area contributed by atoms with E-state index in [1.165, 1.54) is 4.90 Å². The standard InChI is InChI=1S/C24H23NO4/c1-13-5-3-8-19(14(13)2)29-24(28)17-6-4-7-18(12-17)25-22(26)20-15-9-10-16(11-15)21(20)23(25)27/h3-8,12,15-16,20-21H,9-11H2,1-2H3/t15-,16+,20-,21-/m0/s1. The summed E-state index contributed by atoms with van der Waals surface area (Å²) in [5.74, 6) is 0.130. The van der Waals surface area contributed by atoms with E-state index in [-0.39, 0.29) is 23.7 Å². The number of amides is 2. The Morgan fingerprint density at radius 2 is 1.62 bits per heavy atom. The van der Waals surface area contributed by atoms with Crippen molar-refractivity contribution in [1.82, 2.24) is 0 Å². The van der Waals surface area contributed by atoms with Crippen molar-refractivity contribution in [3.8, 4) is 5.75 Å². The Morgan fingerprint density at radius 1 is 0.966 bits per heavy atom. The molecule has 148 valence electrons. The smallest absolute Gasteiger partial charge is 0.343 e. The molecule has 0 spiro atoms. The highest BCUT2D eigenvalue weighted by molar-refractivity contribution is 6.22. The third kappa shape index (κ3) is 2.71. The average Bonchev–Trinajstić information content (AvgIpc) is 3.39. The Morgan fingerprint density at radius 3 is 2.31 bits per heavy atom. The van der Waals surface area contributed by atoms with Crippen LogP contribution in [0.5, 0.6) is 5.75 Å². The maximum absolute atomic E-state index is 13.0. The second kappa shape index (κ2) is 6.55. The molecule has 0 aromatic heterocycles. The molecular formula is C24H23NO4. The van der Waals surface area contributed by atoms with Crippen molar-refractivity contribution in [3.05, 3.63) is 59.2 Å². The number of rotatable bonds is 3. The first-order valence-electron chi connectivity index (χ1n) is 10.2. The minimum absolute atomic E-state index is 0.104. The van der Waals surface area contributed by atoms with Crippen LogP contribution in [0.4, 0.5) is 5.69 Å². The van der Waals surface area contributed by atoms with Crippen LogP contribution in [-0.4, -0.2) is 17.8 Å². The maximum Gasteiger partial charge on any atom is 0.343 e. The van der Waals surface area contributed by atoms with E-state index in [4.69, 9.17) is 4.74 Å². The number of benzene rings is 2. The summed E-state index contributed by atoms with van der Waals surface area (Å²) in [5.41, 5.74) is 2.73. The van der Waals surface area contributed by atoms with Gasteiger partial charge in [-0.05, 0) is 80.3 Å². The van der Waals surface area contributed by atoms with Gasteiger partial charge in [0.25, 0.3) is 0 Å². The molecule has 2 aliphatic carbocycles. The molecule has 0 unspecified atom stereocenters. The van der Waals surface area contributed by atoms with Crippen LogP contribution in [0.2, 0.25) is 0 Å². The van der Waals surface area contributed by atoms with Crippen LogP contribution in [0.25, 0.3) is 0 Å². The number of fused-ring (bicyclic) bond motifs is 5. The van der Waals surface area contributed by atoms with E-state index in [1.54, 1.807) is 30.3 Å². The van der Waals surface area contributed by atoms with E-state index in [1.807, 2.05) is 26.0 Å². The summed E-state index contributed by atoms with van der Waals surface area (Å²) >= 11 is 0. The van der Waals surface area contributed by atoms with E-state index in [0.29, 0.717) is 28.8 Å². The van der Waals surface area contributed by atoms with Crippen LogP contribution in [0.1, 0.15) is 40.7 Å². The Hall–Kier alpha value is -2.95. The topological polar surface area (TPSA) is 63.7 Å². The summed E-state index contributed by atoms with van der Waals surface area (Å²) in [6, 6.07) is 12.2. The summed E-state index contributed by atoms with van der Waals surface area (Å²) in [5, 5.41) is 0. The quantitative estimate of drug-likeness (QED) is 0.451. The minimum atomic E-state index is -0.500. The first-order chi connectivity index (χ1) is 14.0. The van der Waals surface area contributed by atoms with Gasteiger partial charge >= 0.3 is 5.97 Å². The van der Waals surface area contributed by atoms with E-state index < -0.39 is 5.97 Å². The van der Waals surface area contributed by atoms with Gasteiger partial charge < -0.3 is 4.74 Å². The molecule has 5 heteroatoms. The highest BCUT2D eigenvalue weighted by Crippen LogP contribution is 2.56. The van der Waals surface area contributed by atoms with Gasteiger partial charge in [0.1, 0.15) is 5.75 Å². The van der Waals surface area contributed by atoms with Gasteiger partial charge in [-0.1, -0.05) is 18.2 Å². The number of aryl methyl sites for hydroxylation is 1. The normalized spacial score (nSPS) is 27.4. The lowest BCUT2D eigenvalue weighted by molar-refractivity contribution is -0.123. The molecule has 3 aliphatic rings. The van der Waals surface area contributed by atoms with Gasteiger partial charge in [0.15, 0.2) is 0 Å². The molecule has 0 radical (unpaired) electrons. The first kappa shape index (κ1) is 18.1. The van der Waals surface area contributed by atoms with Crippen LogP contribution < -0.4 is 9.64 Å². The molecule has 0 N–H and O–H groups in total. The summed E-state index contributed by atoms with van der Waals surface area (Å²) in [6.07, 6.45) is 3.09. The van der Waals surface area contributed by atoms with Crippen molar-refractivity contribution < 1.29 is 19.1 Å². The van der Waals surface area contributed by atoms with Gasteiger partial charge in [-0.2, -0.15) is 0 Å². The number of imide groups is 1. The lowest BCUT2D eigenvalue weighted by atomic mass is 9.81. The molecule has 2 aromatic carbocycles. The van der Waals surface area contributed by atoms with Crippen molar-refractivity contribution in [3.63, 3.8) is 0 Å². The number of ether oxygens (including phenoxy) is 1. The molecule has 2 saturated carbocycles. The van der Waals surface area contributed by atoms with Gasteiger partial charge in [-0.15, -0.1) is 0 Å². The molecule has 1 heterocycles. The number of hydrogen-bond acceptors (Lipinski definition) is 4. The third-order valence-electron chi connectivity index (χ3n) is 7.03. The number of anilines is 1. The molecule has 1 aliphatic heterocycles. The number of carbonyl (C=O) groups excluding carboxylic acids is 3. The van der Waals surface area contributed by atoms with Crippen molar-refractivity contribution >= 4 is 23.5 Å². The van der Waals surface area contributed by atoms with E-state index in [2.05, 4.69) is 0 Å². The third-order valence-corrected chi connectivity index (χ3v) is 7.03. The van der Waals surface area contributed by atoms with Crippen LogP contribution in [0.15, 0.2) is 42.5 Å². The number of carbonyl (C=O) groups is 3. The summed E-state index contributed by atoms with van der Waals surface area (Å²) in [6.45, 7) is 3.87. The Bertz CT molecular complexity index is 1010. The second-order valence-electron chi connectivity index (χ2n) is 8.53. The highest BCUT2D eigenvalue weighted by atomic mass is 16.5. The second-order valence-corrected chi connectivity index (χ2v) is 8.53. The van der Waals surface area contributed by atoms with Gasteiger partial charge in [0.05, 0.1) is 23.1 Å². The zero-order valence-corrected chi connectivity index (χ0v) is 16.6. The fourth-order valence-electron chi connectivity index (χ4n) is 5.43. The average molecular weight is 389 g/mol. The van der Waals surface area contributed by atoms with Gasteiger partial charge in [0, 0.05) is 0 Å². The summed E-state index contributed by atoms with van der Waals surface area (Å²) in [4.78, 5) is 40.1. The van der Waals surface area contributed by atoms with Crippen molar-refractivity contribution in [2.75, 3.05) is 4.90 Å². The molecule has 5 rings (SSSR count). The summed E-state index contributed by atoms with van der Waals surface area (Å²) in [7, 11) is 0. The largest absolute Gasteiger partial charge is 0.423 e. The molecule has 29 heavy (non-hydrogen) atoms. The number of nitrogens with zero attached hydrogens (tertiary/aromatic N) is 1. The molecule has 3 fully saturated rings. The lowest BCUT2D eigenvalue weighted by Crippen LogP contribution is -2.32. The van der Waals surface area contributed by atoms with E-state index in [9.17, 15) is 14.4 Å².